The SMILES string of the molecule is C=C(COC(=O)c1ccccc1)C[C@@H]1C[C@H](O)[C@@H]2O[C@@H]3C[C@]4(C)O[C@@H]5/C=C\C[C@@H]6O[C@H]7C(C/C=C\CC6OC5CCCC4OC3CC2O1)OC1CC2OC3CC(=O)O[C@H]3C[C@@H](C)C[C@@]2(C)O[C@H]1C[C@@H]7C. The number of aliphatic hydroxyl groups excluding tert-OH is 1. The van der Waals surface area contributed by atoms with E-state index >= 15 is 0 Å². The van der Waals surface area contributed by atoms with Crippen molar-refractivity contribution in [1.29, 1.82) is 0 Å². The third-order valence-electron chi connectivity index (χ3n) is 17.4. The Kier molecular flexibility index (Phi) is 14.3. The first-order chi connectivity index (χ1) is 33.8. The minimum absolute atomic E-state index is 0.0876. The zero-order valence-electron chi connectivity index (χ0n) is 41.5. The second-order valence-electron chi connectivity index (χ2n) is 23.1. The van der Waals surface area contributed by atoms with E-state index in [0.29, 0.717) is 56.4 Å². The summed E-state index contributed by atoms with van der Waals surface area (Å²) in [6.45, 7) is 13.1. The van der Waals surface area contributed by atoms with Gasteiger partial charge in [0.2, 0.25) is 0 Å². The monoisotopic (exact) mass is 973 g/mol. The first-order valence-electron chi connectivity index (χ1n) is 26.8. The molecule has 22 atom stereocenters. The molecule has 10 heterocycles. The normalized spacial score (nSPS) is 48.9. The van der Waals surface area contributed by atoms with E-state index in [4.69, 9.17) is 52.1 Å². The van der Waals surface area contributed by atoms with Crippen molar-refractivity contribution in [2.45, 2.75) is 245 Å². The molecule has 9 unspecified atom stereocenters. The summed E-state index contributed by atoms with van der Waals surface area (Å²) in [5, 5.41) is 11.5. The highest BCUT2D eigenvalue weighted by Gasteiger charge is 2.57. The molecule has 0 aromatic heterocycles. The first kappa shape index (κ1) is 49.2. The van der Waals surface area contributed by atoms with Gasteiger partial charge in [-0.3, -0.25) is 4.79 Å². The number of carbonyl (C=O) groups is 2. The third-order valence-corrected chi connectivity index (χ3v) is 17.4. The fourth-order valence-corrected chi connectivity index (χ4v) is 14.0. The maximum absolute atomic E-state index is 12.5. The van der Waals surface area contributed by atoms with E-state index in [1.54, 1.807) is 24.3 Å². The number of ether oxygens (including phenoxy) is 11. The number of rotatable bonds is 5. The lowest BCUT2D eigenvalue weighted by atomic mass is 9.78. The Balaban J connectivity index is 0.723. The van der Waals surface area contributed by atoms with Crippen LogP contribution in [0.4, 0.5) is 0 Å². The molecular formula is C56H76O14. The Morgan fingerprint density at radius 3 is 2.26 bits per heavy atom. The van der Waals surface area contributed by atoms with E-state index in [1.165, 1.54) is 0 Å². The molecule has 10 aliphatic heterocycles. The quantitative estimate of drug-likeness (QED) is 0.227. The summed E-state index contributed by atoms with van der Waals surface area (Å²) in [6, 6.07) is 8.91. The summed E-state index contributed by atoms with van der Waals surface area (Å²) in [5.74, 6) is -0.0736. The predicted molar refractivity (Wildman–Crippen MR) is 255 cm³/mol. The van der Waals surface area contributed by atoms with Crippen LogP contribution in [0.1, 0.15) is 134 Å². The molecule has 70 heavy (non-hydrogen) atoms. The van der Waals surface area contributed by atoms with Crippen LogP contribution in [0, 0.1) is 11.8 Å². The van der Waals surface area contributed by atoms with Gasteiger partial charge in [0.15, 0.2) is 0 Å². The lowest BCUT2D eigenvalue weighted by molar-refractivity contribution is -0.316. The van der Waals surface area contributed by atoms with Crippen LogP contribution in [-0.4, -0.2) is 145 Å². The Hall–Kier alpha value is -3.02. The van der Waals surface area contributed by atoms with Crippen molar-refractivity contribution in [1.82, 2.24) is 0 Å². The zero-order chi connectivity index (χ0) is 48.3. The molecule has 0 amide bonds. The summed E-state index contributed by atoms with van der Waals surface area (Å²) in [5.41, 5.74) is 0.0913. The number of aliphatic hydroxyl groups is 1. The van der Waals surface area contributed by atoms with Crippen LogP contribution in [0.5, 0.6) is 0 Å². The van der Waals surface area contributed by atoms with Crippen molar-refractivity contribution in [3.05, 3.63) is 72.4 Å². The van der Waals surface area contributed by atoms with Gasteiger partial charge in [0.1, 0.15) is 31.0 Å². The summed E-state index contributed by atoms with van der Waals surface area (Å²) in [7, 11) is 0. The fraction of sp³-hybridized carbons (Fsp3) is 0.750. The molecule has 14 nitrogen and oxygen atoms in total. The topological polar surface area (TPSA) is 156 Å². The van der Waals surface area contributed by atoms with Gasteiger partial charge in [0, 0.05) is 25.7 Å². The van der Waals surface area contributed by atoms with E-state index < -0.39 is 29.4 Å². The highest BCUT2D eigenvalue weighted by Crippen LogP contribution is 2.48. The van der Waals surface area contributed by atoms with E-state index in [0.717, 1.165) is 56.9 Å². The Bertz CT molecular complexity index is 2100. The molecule has 8 fully saturated rings. The maximum Gasteiger partial charge on any atom is 0.338 e. The standard InChI is InChI=1S/C56H76O14/c1-31-22-42-45(27-51(58)66-42)65-50-26-44-46(70-55(50,4)28-31)23-33(3)52-41(63-44)16-10-9-15-37-38(67-52)17-11-19-40-39(62-37)18-12-20-49-56(5,69-40)29-48-43(64-49)25-47-53(68-48)36(57)24-35(61-47)21-32(2)30-60-54(59)34-13-7-6-8-14-34/h6-11,13-14,19,31,33,35-50,52-53,57H,2,12,15-18,20-30H2,1,3-5H3/b10-9-,19-11-/t31-,33+,35-,36+,37?,38+,39?,40-,41?,42+,43?,44?,45?,46+,47?,48-,49?,50?,52-,53+,55-,56+/m1/s1. The van der Waals surface area contributed by atoms with Gasteiger partial charge in [-0.25, -0.2) is 4.79 Å². The molecule has 10 aliphatic rings. The Labute approximate surface area is 413 Å². The average molecular weight is 973 g/mol. The molecule has 0 radical (unpaired) electrons. The number of carbonyl (C=O) groups excluding carboxylic acids is 2. The van der Waals surface area contributed by atoms with Crippen molar-refractivity contribution < 1.29 is 66.8 Å². The number of hydrogen-bond donors (Lipinski definition) is 1. The van der Waals surface area contributed by atoms with Crippen LogP contribution in [0.25, 0.3) is 0 Å². The van der Waals surface area contributed by atoms with Gasteiger partial charge in [0.05, 0.1) is 109 Å². The number of hydrogen-bond acceptors (Lipinski definition) is 14. The molecule has 1 N–H and O–H groups in total. The van der Waals surface area contributed by atoms with Crippen LogP contribution in [0.15, 0.2) is 66.8 Å². The molecule has 0 bridgehead atoms. The molecule has 14 heteroatoms. The number of benzene rings is 1. The second kappa shape index (κ2) is 20.4. The number of esters is 2. The lowest BCUT2D eigenvalue weighted by Crippen LogP contribution is -2.65. The minimum Gasteiger partial charge on any atom is -0.459 e. The molecular weight excluding hydrogens is 897 g/mol. The largest absolute Gasteiger partial charge is 0.459 e. The van der Waals surface area contributed by atoms with Crippen LogP contribution in [-0.2, 0) is 56.9 Å². The van der Waals surface area contributed by atoms with Gasteiger partial charge < -0.3 is 57.2 Å². The minimum atomic E-state index is -0.720. The summed E-state index contributed by atoms with van der Waals surface area (Å²) >= 11 is 0. The van der Waals surface area contributed by atoms with E-state index in [1.807, 2.05) is 6.07 Å². The third kappa shape index (κ3) is 10.3. The van der Waals surface area contributed by atoms with Crippen LogP contribution in [0.2, 0.25) is 0 Å². The van der Waals surface area contributed by atoms with E-state index in [-0.39, 0.29) is 116 Å². The fourth-order valence-electron chi connectivity index (χ4n) is 14.0. The van der Waals surface area contributed by atoms with Gasteiger partial charge in [-0.2, -0.15) is 0 Å². The molecule has 1 aromatic rings. The van der Waals surface area contributed by atoms with Crippen molar-refractivity contribution in [2.24, 2.45) is 11.8 Å². The highest BCUT2D eigenvalue weighted by molar-refractivity contribution is 5.89. The maximum atomic E-state index is 12.5. The molecule has 0 saturated carbocycles. The van der Waals surface area contributed by atoms with Gasteiger partial charge in [0.25, 0.3) is 0 Å². The lowest BCUT2D eigenvalue weighted by Gasteiger charge is -2.55. The molecule has 11 rings (SSSR count). The Morgan fingerprint density at radius 1 is 0.686 bits per heavy atom. The molecule has 0 aliphatic carbocycles. The highest BCUT2D eigenvalue weighted by atomic mass is 16.6. The van der Waals surface area contributed by atoms with Gasteiger partial charge in [-0.05, 0) is 108 Å². The van der Waals surface area contributed by atoms with E-state index in [9.17, 15) is 14.7 Å². The average Bonchev–Trinajstić information content (AvgIpc) is 3.62. The van der Waals surface area contributed by atoms with E-state index in [2.05, 4.69) is 58.6 Å². The summed E-state index contributed by atoms with van der Waals surface area (Å²) in [6.07, 6.45) is 14.7. The van der Waals surface area contributed by atoms with Crippen molar-refractivity contribution in [3.63, 3.8) is 0 Å². The van der Waals surface area contributed by atoms with Crippen molar-refractivity contribution in [2.75, 3.05) is 6.61 Å². The van der Waals surface area contributed by atoms with Gasteiger partial charge in [-0.15, -0.1) is 0 Å². The smallest absolute Gasteiger partial charge is 0.338 e. The number of fused-ring (bicyclic) bond motifs is 9. The summed E-state index contributed by atoms with van der Waals surface area (Å²) < 4.78 is 74.2. The molecule has 1 aromatic carbocycles. The predicted octanol–water partition coefficient (Wildman–Crippen LogP) is 7.61. The zero-order valence-corrected chi connectivity index (χ0v) is 41.5. The van der Waals surface area contributed by atoms with Crippen molar-refractivity contribution in [3.8, 4) is 0 Å². The second-order valence-corrected chi connectivity index (χ2v) is 23.1. The molecule has 384 valence electrons. The van der Waals surface area contributed by atoms with Gasteiger partial charge in [-0.1, -0.05) is 62.9 Å². The van der Waals surface area contributed by atoms with Crippen LogP contribution >= 0.6 is 0 Å². The van der Waals surface area contributed by atoms with Crippen molar-refractivity contribution >= 4 is 11.9 Å². The molecule has 0 spiro atoms. The first-order valence-corrected chi connectivity index (χ1v) is 26.8. The van der Waals surface area contributed by atoms with Crippen LogP contribution in [0.3, 0.4) is 0 Å². The summed E-state index contributed by atoms with van der Waals surface area (Å²) in [4.78, 5) is 24.9. The molecule has 8 saturated heterocycles. The Morgan fingerprint density at radius 2 is 1.41 bits per heavy atom. The van der Waals surface area contributed by atoms with Crippen LogP contribution < -0.4 is 0 Å². The van der Waals surface area contributed by atoms with Gasteiger partial charge >= 0.3 is 11.9 Å².